The first-order chi connectivity index (χ1) is 14.5. The minimum absolute atomic E-state index is 0.104. The number of sulfonamides is 1. The van der Waals surface area contributed by atoms with Crippen LogP contribution in [-0.4, -0.2) is 45.4 Å². The van der Waals surface area contributed by atoms with Crippen LogP contribution in [0.1, 0.15) is 43.6 Å². The van der Waals surface area contributed by atoms with Crippen LogP contribution in [0.15, 0.2) is 47.4 Å². The highest BCUT2D eigenvalue weighted by Crippen LogP contribution is 2.29. The quantitative estimate of drug-likeness (QED) is 0.616. The Hall–Kier alpha value is -1.93. The standard InChI is InChI=1S/C24H34N2O4S/c1-17(2)14-26(22-11-6-18(3)12-19(22)4)31(28,29)21-9-7-20(8-10-21)23(27)13-25-24(5)15-30-16-24/h6-12,17,23,25,27H,13-16H2,1-5H3. The van der Waals surface area contributed by atoms with Gasteiger partial charge in [0.05, 0.1) is 35.4 Å². The molecule has 1 heterocycles. The average molecular weight is 447 g/mol. The molecule has 2 N–H and O–H groups in total. The first-order valence-corrected chi connectivity index (χ1v) is 12.2. The minimum Gasteiger partial charge on any atom is -0.387 e. The van der Waals surface area contributed by atoms with Crippen molar-refractivity contribution in [1.82, 2.24) is 5.32 Å². The van der Waals surface area contributed by atoms with Gasteiger partial charge in [-0.15, -0.1) is 0 Å². The summed E-state index contributed by atoms with van der Waals surface area (Å²) in [6, 6.07) is 12.4. The Balaban J connectivity index is 1.82. The Morgan fingerprint density at radius 1 is 1.13 bits per heavy atom. The lowest BCUT2D eigenvalue weighted by atomic mass is 10.00. The number of nitrogens with one attached hydrogen (secondary N) is 1. The second kappa shape index (κ2) is 9.28. The SMILES string of the molecule is Cc1ccc(N(CC(C)C)S(=O)(=O)c2ccc(C(O)CNC3(C)COC3)cc2)c(C)c1. The van der Waals surface area contributed by atoms with Crippen molar-refractivity contribution in [3.05, 3.63) is 59.2 Å². The van der Waals surface area contributed by atoms with Crippen LogP contribution in [0.4, 0.5) is 5.69 Å². The molecule has 1 fully saturated rings. The third-order valence-electron chi connectivity index (χ3n) is 5.57. The lowest BCUT2D eigenvalue weighted by molar-refractivity contribution is -0.0679. The highest BCUT2D eigenvalue weighted by molar-refractivity contribution is 7.92. The number of aryl methyl sites for hydroxylation is 2. The molecule has 1 saturated heterocycles. The van der Waals surface area contributed by atoms with Gasteiger partial charge in [-0.3, -0.25) is 4.31 Å². The maximum absolute atomic E-state index is 13.5. The topological polar surface area (TPSA) is 78.9 Å². The van der Waals surface area contributed by atoms with Crippen molar-refractivity contribution in [2.75, 3.05) is 30.6 Å². The molecular weight excluding hydrogens is 412 g/mol. The normalized spacial score (nSPS) is 16.7. The van der Waals surface area contributed by atoms with E-state index >= 15 is 0 Å². The fourth-order valence-electron chi connectivity index (χ4n) is 3.70. The minimum atomic E-state index is -3.74. The number of hydrogen-bond donors (Lipinski definition) is 2. The summed E-state index contributed by atoms with van der Waals surface area (Å²) in [5.41, 5.74) is 3.29. The van der Waals surface area contributed by atoms with E-state index in [9.17, 15) is 13.5 Å². The van der Waals surface area contributed by atoms with Gasteiger partial charge in [0.15, 0.2) is 0 Å². The van der Waals surface area contributed by atoms with Crippen LogP contribution in [0.3, 0.4) is 0 Å². The lowest BCUT2D eigenvalue weighted by Gasteiger charge is -2.39. The van der Waals surface area contributed by atoms with E-state index in [1.807, 2.05) is 45.9 Å². The Morgan fingerprint density at radius 3 is 2.29 bits per heavy atom. The maximum atomic E-state index is 13.5. The van der Waals surface area contributed by atoms with Gasteiger partial charge in [-0.1, -0.05) is 43.7 Å². The molecule has 1 aliphatic rings. The number of ether oxygens (including phenoxy) is 1. The third kappa shape index (κ3) is 5.47. The lowest BCUT2D eigenvalue weighted by Crippen LogP contribution is -2.58. The molecule has 0 radical (unpaired) electrons. The molecule has 3 rings (SSSR count). The predicted molar refractivity (Wildman–Crippen MR) is 124 cm³/mol. The Kier molecular flexibility index (Phi) is 7.11. The van der Waals surface area contributed by atoms with Gasteiger partial charge in [0, 0.05) is 13.1 Å². The van der Waals surface area contributed by atoms with Crippen molar-refractivity contribution in [2.24, 2.45) is 5.92 Å². The van der Waals surface area contributed by atoms with Gasteiger partial charge in [-0.05, 0) is 56.0 Å². The molecule has 1 aliphatic heterocycles. The Labute approximate surface area is 186 Å². The van der Waals surface area contributed by atoms with Crippen molar-refractivity contribution in [3.63, 3.8) is 0 Å². The van der Waals surface area contributed by atoms with Crippen LogP contribution >= 0.6 is 0 Å². The van der Waals surface area contributed by atoms with Crippen LogP contribution in [0.2, 0.25) is 0 Å². The second-order valence-electron chi connectivity index (χ2n) is 9.24. The van der Waals surface area contributed by atoms with Crippen molar-refractivity contribution in [3.8, 4) is 0 Å². The zero-order valence-corrected chi connectivity index (χ0v) is 19.9. The molecule has 0 saturated carbocycles. The molecule has 1 atom stereocenters. The Bertz CT molecular complexity index is 999. The van der Waals surface area contributed by atoms with Crippen LogP contribution in [0.5, 0.6) is 0 Å². The molecular formula is C24H34N2O4S. The molecule has 6 nitrogen and oxygen atoms in total. The number of aliphatic hydroxyl groups excluding tert-OH is 1. The van der Waals surface area contributed by atoms with E-state index in [4.69, 9.17) is 4.74 Å². The summed E-state index contributed by atoms with van der Waals surface area (Å²) in [6.07, 6.45) is -0.722. The summed E-state index contributed by atoms with van der Waals surface area (Å²) in [7, 11) is -3.74. The van der Waals surface area contributed by atoms with Crippen LogP contribution in [0.25, 0.3) is 0 Å². The van der Waals surface area contributed by atoms with Crippen molar-refractivity contribution in [1.29, 1.82) is 0 Å². The van der Waals surface area contributed by atoms with E-state index < -0.39 is 16.1 Å². The van der Waals surface area contributed by atoms with Gasteiger partial charge in [0.25, 0.3) is 10.0 Å². The molecule has 0 aromatic heterocycles. The predicted octanol–water partition coefficient (Wildman–Crippen LogP) is 3.57. The van der Waals surface area contributed by atoms with E-state index in [-0.39, 0.29) is 16.4 Å². The highest BCUT2D eigenvalue weighted by Gasteiger charge is 2.33. The maximum Gasteiger partial charge on any atom is 0.264 e. The zero-order valence-electron chi connectivity index (χ0n) is 19.1. The molecule has 1 unspecified atom stereocenters. The monoisotopic (exact) mass is 446 g/mol. The molecule has 0 bridgehead atoms. The number of benzene rings is 2. The van der Waals surface area contributed by atoms with E-state index in [0.29, 0.717) is 37.6 Å². The Morgan fingerprint density at radius 2 is 1.77 bits per heavy atom. The molecule has 0 aliphatic carbocycles. The third-order valence-corrected chi connectivity index (χ3v) is 7.36. The molecule has 7 heteroatoms. The number of aliphatic hydroxyl groups is 1. The number of rotatable bonds is 9. The zero-order chi connectivity index (χ0) is 22.8. The van der Waals surface area contributed by atoms with Gasteiger partial charge < -0.3 is 15.2 Å². The van der Waals surface area contributed by atoms with Gasteiger partial charge in [0.1, 0.15) is 0 Å². The first kappa shape index (κ1) is 23.7. The summed E-state index contributed by atoms with van der Waals surface area (Å²) in [5, 5.41) is 13.8. The van der Waals surface area contributed by atoms with Crippen molar-refractivity contribution < 1.29 is 18.3 Å². The van der Waals surface area contributed by atoms with Crippen LogP contribution in [-0.2, 0) is 14.8 Å². The molecule has 0 spiro atoms. The van der Waals surface area contributed by atoms with E-state index in [0.717, 1.165) is 11.1 Å². The van der Waals surface area contributed by atoms with Gasteiger partial charge >= 0.3 is 0 Å². The highest BCUT2D eigenvalue weighted by atomic mass is 32.2. The van der Waals surface area contributed by atoms with Crippen molar-refractivity contribution >= 4 is 15.7 Å². The largest absolute Gasteiger partial charge is 0.387 e. The van der Waals surface area contributed by atoms with Gasteiger partial charge in [-0.2, -0.15) is 0 Å². The summed E-state index contributed by atoms with van der Waals surface area (Å²) in [6.45, 7) is 12.0. The smallest absolute Gasteiger partial charge is 0.264 e. The summed E-state index contributed by atoms with van der Waals surface area (Å²) >= 11 is 0. The fourth-order valence-corrected chi connectivity index (χ4v) is 5.40. The van der Waals surface area contributed by atoms with E-state index in [1.165, 1.54) is 4.31 Å². The summed E-state index contributed by atoms with van der Waals surface area (Å²) in [5.74, 6) is 0.166. The molecule has 31 heavy (non-hydrogen) atoms. The number of nitrogens with zero attached hydrogens (tertiary/aromatic N) is 1. The van der Waals surface area contributed by atoms with E-state index in [1.54, 1.807) is 24.3 Å². The second-order valence-corrected chi connectivity index (χ2v) is 11.1. The fraction of sp³-hybridized carbons (Fsp3) is 0.500. The summed E-state index contributed by atoms with van der Waals surface area (Å²) < 4.78 is 33.8. The number of β-amino-alcohol motifs (C(OH)–C–C–N with tert-alkyl or cyclic N) is 1. The van der Waals surface area contributed by atoms with Crippen LogP contribution in [0, 0.1) is 19.8 Å². The van der Waals surface area contributed by atoms with Gasteiger partial charge in [-0.25, -0.2) is 8.42 Å². The molecule has 2 aromatic carbocycles. The van der Waals surface area contributed by atoms with E-state index in [2.05, 4.69) is 12.2 Å². The molecule has 2 aromatic rings. The average Bonchev–Trinajstić information content (AvgIpc) is 2.69. The molecule has 0 amide bonds. The van der Waals surface area contributed by atoms with Crippen molar-refractivity contribution in [2.45, 2.75) is 51.2 Å². The van der Waals surface area contributed by atoms with Crippen LogP contribution < -0.4 is 9.62 Å². The number of anilines is 1. The molecule has 170 valence electrons. The number of hydrogen-bond acceptors (Lipinski definition) is 5. The first-order valence-electron chi connectivity index (χ1n) is 10.7. The van der Waals surface area contributed by atoms with Gasteiger partial charge in [0.2, 0.25) is 0 Å². The summed E-state index contributed by atoms with van der Waals surface area (Å²) in [4.78, 5) is 0.219.